The Labute approximate surface area is 109 Å². The molecule has 0 bridgehead atoms. The van der Waals surface area contributed by atoms with Crippen LogP contribution in [0.3, 0.4) is 0 Å². The van der Waals surface area contributed by atoms with Gasteiger partial charge in [0.1, 0.15) is 0 Å². The van der Waals surface area contributed by atoms with E-state index in [-0.39, 0.29) is 0 Å². The molecule has 92 valence electrons. The van der Waals surface area contributed by atoms with E-state index < -0.39 is 0 Å². The van der Waals surface area contributed by atoms with E-state index in [2.05, 4.69) is 43.6 Å². The lowest BCUT2D eigenvalue weighted by Gasteiger charge is -2.55. The van der Waals surface area contributed by atoms with Crippen molar-refractivity contribution >= 4 is 15.9 Å². The number of allylic oxidation sites excluding steroid dienone is 2. The maximum Gasteiger partial charge on any atom is 0.0249 e. The molecule has 16 heavy (non-hydrogen) atoms. The number of rotatable bonds is 1. The van der Waals surface area contributed by atoms with E-state index in [1.165, 1.54) is 32.1 Å². The van der Waals surface area contributed by atoms with Crippen molar-refractivity contribution in [3.05, 3.63) is 11.1 Å². The molecule has 0 amide bonds. The fraction of sp³-hybridized carbons (Fsp3) is 0.867. The topological polar surface area (TPSA) is 0 Å². The van der Waals surface area contributed by atoms with Crippen LogP contribution in [0.25, 0.3) is 0 Å². The molecule has 0 aromatic heterocycles. The molecule has 2 rings (SSSR count). The largest absolute Gasteiger partial charge is 0.0880 e. The SMILES string of the molecule is CC1=C(CBr)[C@@]2(C)CCCC(C)(C)[C@@H]2CC1. The van der Waals surface area contributed by atoms with Gasteiger partial charge < -0.3 is 0 Å². The van der Waals surface area contributed by atoms with Crippen molar-refractivity contribution in [1.29, 1.82) is 0 Å². The van der Waals surface area contributed by atoms with Gasteiger partial charge in [0.2, 0.25) is 0 Å². The lowest BCUT2D eigenvalue weighted by molar-refractivity contribution is 0.0134. The summed E-state index contributed by atoms with van der Waals surface area (Å²) in [6.07, 6.45) is 6.96. The molecule has 0 saturated heterocycles. The van der Waals surface area contributed by atoms with Crippen LogP contribution in [0, 0.1) is 16.7 Å². The maximum absolute atomic E-state index is 3.73. The molecule has 0 spiro atoms. The van der Waals surface area contributed by atoms with E-state index in [4.69, 9.17) is 0 Å². The van der Waals surface area contributed by atoms with Crippen molar-refractivity contribution < 1.29 is 0 Å². The summed E-state index contributed by atoms with van der Waals surface area (Å²) in [5, 5.41) is 1.09. The van der Waals surface area contributed by atoms with Crippen molar-refractivity contribution in [3.8, 4) is 0 Å². The first-order valence-corrected chi connectivity index (χ1v) is 7.79. The zero-order valence-electron chi connectivity index (χ0n) is 11.2. The normalized spacial score (nSPS) is 38.4. The summed E-state index contributed by atoms with van der Waals surface area (Å²) >= 11 is 3.73. The smallest absolute Gasteiger partial charge is 0.0249 e. The summed E-state index contributed by atoms with van der Waals surface area (Å²) < 4.78 is 0. The Morgan fingerprint density at radius 3 is 2.56 bits per heavy atom. The van der Waals surface area contributed by atoms with Gasteiger partial charge in [0, 0.05) is 5.33 Å². The Morgan fingerprint density at radius 2 is 1.94 bits per heavy atom. The van der Waals surface area contributed by atoms with Gasteiger partial charge in [-0.15, -0.1) is 0 Å². The van der Waals surface area contributed by atoms with Crippen LogP contribution in [-0.4, -0.2) is 5.33 Å². The predicted octanol–water partition coefficient (Wildman–Crippen LogP) is 5.32. The van der Waals surface area contributed by atoms with E-state index in [1.54, 1.807) is 11.1 Å². The average Bonchev–Trinajstić information content (AvgIpc) is 2.15. The Morgan fingerprint density at radius 1 is 1.25 bits per heavy atom. The quantitative estimate of drug-likeness (QED) is 0.451. The zero-order valence-corrected chi connectivity index (χ0v) is 12.8. The second-order valence-electron chi connectivity index (χ2n) is 6.74. The molecule has 2 atom stereocenters. The number of alkyl halides is 1. The summed E-state index contributed by atoms with van der Waals surface area (Å²) in [5.74, 6) is 0.894. The van der Waals surface area contributed by atoms with Crippen LogP contribution in [0.1, 0.15) is 59.8 Å². The van der Waals surface area contributed by atoms with E-state index >= 15 is 0 Å². The van der Waals surface area contributed by atoms with Gasteiger partial charge in [-0.1, -0.05) is 54.3 Å². The van der Waals surface area contributed by atoms with Gasteiger partial charge in [-0.05, 0) is 49.4 Å². The Hall–Kier alpha value is 0.220. The first-order chi connectivity index (χ1) is 7.42. The Kier molecular flexibility index (Phi) is 3.29. The van der Waals surface area contributed by atoms with Gasteiger partial charge in [-0.2, -0.15) is 0 Å². The van der Waals surface area contributed by atoms with Gasteiger partial charge in [0.05, 0.1) is 0 Å². The first-order valence-electron chi connectivity index (χ1n) is 6.67. The molecule has 0 aromatic carbocycles. The van der Waals surface area contributed by atoms with Crippen molar-refractivity contribution in [1.82, 2.24) is 0 Å². The van der Waals surface area contributed by atoms with Crippen molar-refractivity contribution in [2.45, 2.75) is 59.8 Å². The molecule has 1 heteroatoms. The van der Waals surface area contributed by atoms with Crippen LogP contribution in [0.2, 0.25) is 0 Å². The summed E-state index contributed by atoms with van der Waals surface area (Å²) in [6, 6.07) is 0. The Bertz CT molecular complexity index is 313. The fourth-order valence-electron chi connectivity index (χ4n) is 4.46. The highest BCUT2D eigenvalue weighted by molar-refractivity contribution is 9.09. The minimum absolute atomic E-state index is 0.480. The van der Waals surface area contributed by atoms with Crippen LogP contribution in [0.5, 0.6) is 0 Å². The molecule has 0 aliphatic heterocycles. The number of halogens is 1. The van der Waals surface area contributed by atoms with Crippen LogP contribution in [0.4, 0.5) is 0 Å². The van der Waals surface area contributed by atoms with Crippen LogP contribution < -0.4 is 0 Å². The lowest BCUT2D eigenvalue weighted by atomic mass is 9.50. The number of hydrogen-bond donors (Lipinski definition) is 0. The van der Waals surface area contributed by atoms with E-state index in [1.807, 2.05) is 0 Å². The lowest BCUT2D eigenvalue weighted by Crippen LogP contribution is -2.45. The van der Waals surface area contributed by atoms with Crippen molar-refractivity contribution in [2.24, 2.45) is 16.7 Å². The molecule has 0 heterocycles. The third kappa shape index (κ3) is 1.79. The predicted molar refractivity (Wildman–Crippen MR) is 75.0 cm³/mol. The highest BCUT2D eigenvalue weighted by Crippen LogP contribution is 2.59. The molecule has 0 unspecified atom stereocenters. The first kappa shape index (κ1) is 12.7. The highest BCUT2D eigenvalue weighted by atomic mass is 79.9. The number of fused-ring (bicyclic) bond motifs is 1. The van der Waals surface area contributed by atoms with E-state index in [9.17, 15) is 0 Å². The minimum atomic E-state index is 0.480. The van der Waals surface area contributed by atoms with Crippen molar-refractivity contribution in [2.75, 3.05) is 5.33 Å². The Balaban J connectivity index is 2.42. The fourth-order valence-corrected chi connectivity index (χ4v) is 5.58. The van der Waals surface area contributed by atoms with Crippen LogP contribution in [-0.2, 0) is 0 Å². The molecule has 1 fully saturated rings. The summed E-state index contributed by atoms with van der Waals surface area (Å²) in [6.45, 7) is 9.85. The number of hydrogen-bond acceptors (Lipinski definition) is 0. The molecule has 0 N–H and O–H groups in total. The highest BCUT2D eigenvalue weighted by Gasteiger charge is 2.49. The zero-order chi connectivity index (χ0) is 12.0. The molecule has 0 nitrogen and oxygen atoms in total. The van der Waals surface area contributed by atoms with Gasteiger partial charge in [-0.25, -0.2) is 0 Å². The molecule has 0 aromatic rings. The van der Waals surface area contributed by atoms with Gasteiger partial charge in [-0.3, -0.25) is 0 Å². The molecule has 0 radical (unpaired) electrons. The van der Waals surface area contributed by atoms with Gasteiger partial charge in [0.15, 0.2) is 0 Å². The van der Waals surface area contributed by atoms with Crippen LogP contribution in [0.15, 0.2) is 11.1 Å². The molecular weight excluding hydrogens is 260 g/mol. The molecule has 2 aliphatic rings. The van der Waals surface area contributed by atoms with E-state index in [0.29, 0.717) is 10.8 Å². The van der Waals surface area contributed by atoms with Crippen molar-refractivity contribution in [3.63, 3.8) is 0 Å². The second kappa shape index (κ2) is 4.15. The third-order valence-corrected chi connectivity index (χ3v) is 5.94. The average molecular weight is 285 g/mol. The third-order valence-electron chi connectivity index (χ3n) is 5.38. The molecular formula is C15H25Br. The van der Waals surface area contributed by atoms with Gasteiger partial charge in [0.25, 0.3) is 0 Å². The second-order valence-corrected chi connectivity index (χ2v) is 7.30. The molecule has 1 saturated carbocycles. The van der Waals surface area contributed by atoms with E-state index in [0.717, 1.165) is 11.2 Å². The minimum Gasteiger partial charge on any atom is -0.0880 e. The van der Waals surface area contributed by atoms with Crippen LogP contribution >= 0.6 is 15.9 Å². The summed E-state index contributed by atoms with van der Waals surface area (Å²) in [7, 11) is 0. The standard InChI is InChI=1S/C15H25Br/c1-11-6-7-13-14(2,3)8-5-9-15(13,4)12(11)10-16/h13H,5-10H2,1-4H3/t13-,15+/m0/s1. The molecule has 2 aliphatic carbocycles. The maximum atomic E-state index is 3.73. The summed E-state index contributed by atoms with van der Waals surface area (Å²) in [4.78, 5) is 0. The summed E-state index contributed by atoms with van der Waals surface area (Å²) in [5.41, 5.74) is 4.40. The monoisotopic (exact) mass is 284 g/mol. The van der Waals surface area contributed by atoms with Gasteiger partial charge >= 0.3 is 0 Å².